The number of aliphatic carboxylic acids is 1. The summed E-state index contributed by atoms with van der Waals surface area (Å²) in [4.78, 5) is 22.0. The lowest BCUT2D eigenvalue weighted by Gasteiger charge is -2.08. The minimum atomic E-state index is -1.16. The maximum atomic E-state index is 11.4. The third-order valence-electron chi connectivity index (χ3n) is 1.95. The zero-order valence-electron chi connectivity index (χ0n) is 8.33. The van der Waals surface area contributed by atoms with Crippen LogP contribution in [0.4, 0.5) is 5.69 Å². The van der Waals surface area contributed by atoms with Crippen molar-refractivity contribution in [3.05, 3.63) is 27.7 Å². The summed E-state index contributed by atoms with van der Waals surface area (Å²) >= 11 is 8.98. The molecule has 0 aliphatic rings. The lowest BCUT2D eigenvalue weighted by Crippen LogP contribution is -2.26. The molecule has 0 bridgehead atoms. The Morgan fingerprint density at radius 1 is 1.50 bits per heavy atom. The maximum absolute atomic E-state index is 11.4. The van der Waals surface area contributed by atoms with E-state index in [9.17, 15) is 9.59 Å². The van der Waals surface area contributed by atoms with Crippen molar-refractivity contribution in [1.82, 2.24) is 0 Å². The Morgan fingerprint density at radius 3 is 2.62 bits per heavy atom. The van der Waals surface area contributed by atoms with Crippen molar-refractivity contribution in [2.75, 3.05) is 5.32 Å². The van der Waals surface area contributed by atoms with Gasteiger partial charge in [0.2, 0.25) is 5.91 Å². The number of anilines is 1. The molecule has 1 aromatic rings. The molecule has 16 heavy (non-hydrogen) atoms. The number of amides is 1. The van der Waals surface area contributed by atoms with Gasteiger partial charge in [0.15, 0.2) is 0 Å². The van der Waals surface area contributed by atoms with Crippen LogP contribution in [0.2, 0.25) is 5.02 Å². The first-order valence-corrected chi connectivity index (χ1v) is 5.57. The van der Waals surface area contributed by atoms with E-state index in [-0.39, 0.29) is 0 Å². The molecule has 0 spiro atoms. The Morgan fingerprint density at radius 2 is 2.12 bits per heavy atom. The number of nitrogens with one attached hydrogen (secondary N) is 1. The van der Waals surface area contributed by atoms with E-state index in [1.54, 1.807) is 18.2 Å². The number of rotatable bonds is 3. The van der Waals surface area contributed by atoms with Crippen molar-refractivity contribution in [2.24, 2.45) is 5.92 Å². The molecule has 4 nitrogen and oxygen atoms in total. The van der Waals surface area contributed by atoms with E-state index in [0.29, 0.717) is 15.2 Å². The lowest BCUT2D eigenvalue weighted by molar-refractivity contribution is -0.144. The summed E-state index contributed by atoms with van der Waals surface area (Å²) in [6, 6.07) is 4.81. The molecule has 0 heterocycles. The van der Waals surface area contributed by atoms with Gasteiger partial charge in [-0.1, -0.05) is 11.6 Å². The summed E-state index contributed by atoms with van der Waals surface area (Å²) in [7, 11) is 0. The smallest absolute Gasteiger partial charge is 0.315 e. The summed E-state index contributed by atoms with van der Waals surface area (Å²) in [5, 5.41) is 11.6. The van der Waals surface area contributed by atoms with Crippen molar-refractivity contribution in [3.8, 4) is 0 Å². The maximum Gasteiger partial charge on any atom is 0.315 e. The summed E-state index contributed by atoms with van der Waals surface area (Å²) in [6.07, 6.45) is 0. The summed E-state index contributed by atoms with van der Waals surface area (Å²) in [6.45, 7) is 1.32. The molecule has 1 amide bonds. The summed E-state index contributed by atoms with van der Waals surface area (Å²) < 4.78 is 0.634. The molecule has 1 unspecified atom stereocenters. The van der Waals surface area contributed by atoms with E-state index in [0.717, 1.165) is 0 Å². The summed E-state index contributed by atoms with van der Waals surface area (Å²) in [5.74, 6) is -2.82. The van der Waals surface area contributed by atoms with Crippen molar-refractivity contribution in [2.45, 2.75) is 6.92 Å². The molecular weight excluding hydrogens is 297 g/mol. The van der Waals surface area contributed by atoms with Crippen LogP contribution in [0.3, 0.4) is 0 Å². The predicted octanol–water partition coefficient (Wildman–Crippen LogP) is 2.76. The minimum absolute atomic E-state index is 0.495. The molecular formula is C10H9BrClNO3. The number of carbonyl (C=O) groups excluding carboxylic acids is 1. The Bertz CT molecular complexity index is 436. The van der Waals surface area contributed by atoms with Crippen LogP contribution in [0.5, 0.6) is 0 Å². The van der Waals surface area contributed by atoms with Gasteiger partial charge in [0, 0.05) is 10.2 Å². The van der Waals surface area contributed by atoms with E-state index in [2.05, 4.69) is 21.2 Å². The molecule has 6 heteroatoms. The van der Waals surface area contributed by atoms with Crippen LogP contribution in [0.25, 0.3) is 0 Å². The first-order chi connectivity index (χ1) is 7.41. The monoisotopic (exact) mass is 305 g/mol. The number of hydrogen-bond acceptors (Lipinski definition) is 2. The number of benzene rings is 1. The molecule has 1 rings (SSSR count). The second-order valence-corrected chi connectivity index (χ2v) is 4.44. The number of hydrogen-bond donors (Lipinski definition) is 2. The van der Waals surface area contributed by atoms with Gasteiger partial charge in [0.25, 0.3) is 0 Å². The van der Waals surface area contributed by atoms with Crippen LogP contribution in [0.1, 0.15) is 6.92 Å². The Labute approximate surface area is 106 Å². The van der Waals surface area contributed by atoms with Gasteiger partial charge in [0.1, 0.15) is 5.92 Å². The van der Waals surface area contributed by atoms with E-state index in [1.807, 2.05) is 0 Å². The van der Waals surface area contributed by atoms with Crippen LogP contribution >= 0.6 is 27.5 Å². The molecule has 0 aliphatic carbocycles. The molecule has 0 radical (unpaired) electrons. The predicted molar refractivity (Wildman–Crippen MR) is 64.6 cm³/mol. The van der Waals surface area contributed by atoms with E-state index in [4.69, 9.17) is 16.7 Å². The first kappa shape index (κ1) is 13.0. The van der Waals surface area contributed by atoms with Gasteiger partial charge < -0.3 is 10.4 Å². The second kappa shape index (κ2) is 5.32. The zero-order valence-corrected chi connectivity index (χ0v) is 10.7. The van der Waals surface area contributed by atoms with Crippen molar-refractivity contribution < 1.29 is 14.7 Å². The van der Waals surface area contributed by atoms with Crippen LogP contribution in [-0.4, -0.2) is 17.0 Å². The minimum Gasteiger partial charge on any atom is -0.481 e. The van der Waals surface area contributed by atoms with E-state index in [1.165, 1.54) is 6.92 Å². The van der Waals surface area contributed by atoms with Gasteiger partial charge >= 0.3 is 5.97 Å². The third kappa shape index (κ3) is 3.21. The van der Waals surface area contributed by atoms with Crippen molar-refractivity contribution in [3.63, 3.8) is 0 Å². The van der Waals surface area contributed by atoms with Crippen LogP contribution < -0.4 is 5.32 Å². The van der Waals surface area contributed by atoms with E-state index < -0.39 is 17.8 Å². The van der Waals surface area contributed by atoms with E-state index >= 15 is 0 Å². The highest BCUT2D eigenvalue weighted by molar-refractivity contribution is 9.10. The Hall–Kier alpha value is -1.07. The quantitative estimate of drug-likeness (QED) is 0.844. The van der Waals surface area contributed by atoms with Crippen molar-refractivity contribution in [1.29, 1.82) is 0 Å². The summed E-state index contributed by atoms with van der Waals surface area (Å²) in [5.41, 5.74) is 0.495. The lowest BCUT2D eigenvalue weighted by atomic mass is 10.1. The highest BCUT2D eigenvalue weighted by Crippen LogP contribution is 2.25. The molecule has 1 aromatic carbocycles. The van der Waals surface area contributed by atoms with Gasteiger partial charge in [-0.25, -0.2) is 0 Å². The van der Waals surface area contributed by atoms with Crippen molar-refractivity contribution >= 4 is 45.1 Å². The Balaban J connectivity index is 2.77. The number of carbonyl (C=O) groups is 2. The molecule has 0 saturated heterocycles. The first-order valence-electron chi connectivity index (χ1n) is 4.40. The number of carboxylic acid groups (broad SMARTS) is 1. The topological polar surface area (TPSA) is 66.4 Å². The van der Waals surface area contributed by atoms with Gasteiger partial charge in [-0.3, -0.25) is 9.59 Å². The molecule has 0 saturated carbocycles. The van der Waals surface area contributed by atoms with Gasteiger partial charge in [-0.15, -0.1) is 0 Å². The second-order valence-electron chi connectivity index (χ2n) is 3.18. The highest BCUT2D eigenvalue weighted by Gasteiger charge is 2.20. The molecule has 1 atom stereocenters. The van der Waals surface area contributed by atoms with Gasteiger partial charge in [-0.2, -0.15) is 0 Å². The molecule has 2 N–H and O–H groups in total. The molecule has 0 aromatic heterocycles. The molecule has 86 valence electrons. The van der Waals surface area contributed by atoms with Crippen LogP contribution in [0, 0.1) is 5.92 Å². The molecule has 0 aliphatic heterocycles. The molecule has 0 fully saturated rings. The highest BCUT2D eigenvalue weighted by atomic mass is 79.9. The fourth-order valence-corrected chi connectivity index (χ4v) is 1.43. The largest absolute Gasteiger partial charge is 0.481 e. The fourth-order valence-electron chi connectivity index (χ4n) is 0.937. The number of carboxylic acids is 1. The average Bonchev–Trinajstić information content (AvgIpc) is 2.22. The van der Waals surface area contributed by atoms with Gasteiger partial charge in [0.05, 0.1) is 5.02 Å². The Kier molecular flexibility index (Phi) is 4.32. The number of halogens is 2. The zero-order chi connectivity index (χ0) is 12.3. The fraction of sp³-hybridized carbons (Fsp3) is 0.200. The average molecular weight is 307 g/mol. The van der Waals surface area contributed by atoms with Crippen LogP contribution in [-0.2, 0) is 9.59 Å². The SMILES string of the molecule is CC(C(=O)O)C(=O)Nc1ccc(Cl)c(Br)c1. The third-order valence-corrected chi connectivity index (χ3v) is 3.16. The standard InChI is InChI=1S/C10H9BrClNO3/c1-5(10(15)16)9(14)13-6-2-3-8(12)7(11)4-6/h2-5H,1H3,(H,13,14)(H,15,16). The normalized spacial score (nSPS) is 11.9. The van der Waals surface area contributed by atoms with Gasteiger partial charge in [-0.05, 0) is 41.1 Å². The van der Waals surface area contributed by atoms with Crippen LogP contribution in [0.15, 0.2) is 22.7 Å².